The smallest absolute Gasteiger partial charge is 0.0640 e. The third-order valence-corrected chi connectivity index (χ3v) is 18.4. The zero-order chi connectivity index (χ0) is 53.8. The highest BCUT2D eigenvalue weighted by molar-refractivity contribution is 7.26. The first-order chi connectivity index (χ1) is 39.3. The first-order valence-electron chi connectivity index (χ1n) is 27.5. The molecule has 2 aromatic heterocycles. The molecule has 0 amide bonds. The van der Waals surface area contributed by atoms with E-state index in [-0.39, 0.29) is 0 Å². The number of rotatable bonds is 11. The molecule has 0 aliphatic heterocycles. The van der Waals surface area contributed by atoms with E-state index in [0.29, 0.717) is 0 Å². The fourth-order valence-corrected chi connectivity index (χ4v) is 14.5. The predicted octanol–water partition coefficient (Wildman–Crippen LogP) is 22.9. The topological polar surface area (TPSA) is 6.48 Å². The van der Waals surface area contributed by atoms with Crippen molar-refractivity contribution in [1.82, 2.24) is 0 Å². The van der Waals surface area contributed by atoms with Gasteiger partial charge in [-0.05, 0) is 143 Å². The minimum Gasteiger partial charge on any atom is -0.308 e. The Hall–Kier alpha value is -9.32. The Morgan fingerprint density at radius 2 is 0.575 bits per heavy atom. The molecule has 4 heteroatoms. The molecule has 0 saturated heterocycles. The molecule has 0 spiro atoms. The van der Waals surface area contributed by atoms with Crippen LogP contribution >= 0.6 is 22.7 Å². The van der Waals surface area contributed by atoms with Gasteiger partial charge in [0, 0.05) is 53.4 Å². The molecule has 0 fully saturated rings. The van der Waals surface area contributed by atoms with E-state index >= 15 is 0 Å². The number of anilines is 6. The van der Waals surface area contributed by atoms with Crippen LogP contribution in [0.4, 0.5) is 34.1 Å². The van der Waals surface area contributed by atoms with Crippen LogP contribution in [-0.2, 0) is 0 Å². The SMILES string of the molecule is Cc1cc(-c2ccc(N(c3c(C)cccc3-c3ccc(-c4ccccc4)cc3)c3cccc4c3sc3ccccc34)c(C)c2)ccc1N(c1c(C)cccc1-c1ccc(-c2ccccc2)cc1)c1cccc2c1sc1ccccc12. The van der Waals surface area contributed by atoms with Gasteiger partial charge in [0.2, 0.25) is 0 Å². The summed E-state index contributed by atoms with van der Waals surface area (Å²) in [4.78, 5) is 5.09. The van der Waals surface area contributed by atoms with Crippen LogP contribution in [0, 0.1) is 27.7 Å². The van der Waals surface area contributed by atoms with Gasteiger partial charge in [-0.1, -0.05) is 218 Å². The minimum atomic E-state index is 1.15. The summed E-state index contributed by atoms with van der Waals surface area (Å²) >= 11 is 3.75. The van der Waals surface area contributed by atoms with E-state index in [1.54, 1.807) is 0 Å². The molecule has 14 aromatic rings. The van der Waals surface area contributed by atoms with Gasteiger partial charge in [-0.3, -0.25) is 0 Å². The van der Waals surface area contributed by atoms with Crippen molar-refractivity contribution in [3.63, 3.8) is 0 Å². The average Bonchev–Trinajstić information content (AvgIpc) is 4.11. The predicted molar refractivity (Wildman–Crippen MR) is 348 cm³/mol. The van der Waals surface area contributed by atoms with Crippen molar-refractivity contribution in [2.45, 2.75) is 27.7 Å². The number of nitrogens with zero attached hydrogens (tertiary/aromatic N) is 2. The molecule has 14 rings (SSSR count). The van der Waals surface area contributed by atoms with Crippen LogP contribution in [0.3, 0.4) is 0 Å². The lowest BCUT2D eigenvalue weighted by Crippen LogP contribution is -2.14. The molecule has 2 heterocycles. The first kappa shape index (κ1) is 49.0. The Labute approximate surface area is 476 Å². The van der Waals surface area contributed by atoms with Gasteiger partial charge in [0.1, 0.15) is 0 Å². The van der Waals surface area contributed by atoms with Crippen LogP contribution < -0.4 is 9.80 Å². The molecular formula is C76H56N2S2. The molecule has 0 aliphatic carbocycles. The summed E-state index contributed by atoms with van der Waals surface area (Å²) in [5.74, 6) is 0. The Balaban J connectivity index is 0.903. The van der Waals surface area contributed by atoms with Crippen molar-refractivity contribution in [1.29, 1.82) is 0 Å². The molecule has 0 aliphatic rings. The van der Waals surface area contributed by atoms with E-state index in [0.717, 1.165) is 11.4 Å². The summed E-state index contributed by atoms with van der Waals surface area (Å²) in [5, 5.41) is 5.13. The largest absolute Gasteiger partial charge is 0.308 e. The maximum atomic E-state index is 2.54. The van der Waals surface area contributed by atoms with E-state index in [1.807, 2.05) is 22.7 Å². The van der Waals surface area contributed by atoms with E-state index in [4.69, 9.17) is 0 Å². The van der Waals surface area contributed by atoms with Crippen LogP contribution in [0.1, 0.15) is 22.3 Å². The second kappa shape index (κ2) is 20.5. The van der Waals surface area contributed by atoms with E-state index in [1.165, 1.54) is 141 Å². The maximum Gasteiger partial charge on any atom is 0.0640 e. The highest BCUT2D eigenvalue weighted by atomic mass is 32.1. The second-order valence-electron chi connectivity index (χ2n) is 21.0. The lowest BCUT2D eigenvalue weighted by molar-refractivity contribution is 1.23. The van der Waals surface area contributed by atoms with Gasteiger partial charge in [-0.2, -0.15) is 0 Å². The quantitative estimate of drug-likeness (QED) is 0.127. The summed E-state index contributed by atoms with van der Waals surface area (Å²) in [7, 11) is 0. The molecule has 80 heavy (non-hydrogen) atoms. The Morgan fingerprint density at radius 3 is 0.988 bits per heavy atom. The van der Waals surface area contributed by atoms with Gasteiger partial charge in [0.05, 0.1) is 32.1 Å². The van der Waals surface area contributed by atoms with Gasteiger partial charge in [0.25, 0.3) is 0 Å². The highest BCUT2D eigenvalue weighted by Gasteiger charge is 2.27. The van der Waals surface area contributed by atoms with Crippen molar-refractivity contribution in [2.75, 3.05) is 9.80 Å². The Bertz CT molecular complexity index is 4330. The normalized spacial score (nSPS) is 11.5. The summed E-state index contributed by atoms with van der Waals surface area (Å²) in [6.07, 6.45) is 0. The fourth-order valence-electron chi connectivity index (χ4n) is 12.1. The van der Waals surface area contributed by atoms with Gasteiger partial charge < -0.3 is 9.80 Å². The first-order valence-corrected chi connectivity index (χ1v) is 29.1. The molecule has 382 valence electrons. The van der Waals surface area contributed by atoms with Crippen LogP contribution in [0.5, 0.6) is 0 Å². The lowest BCUT2D eigenvalue weighted by atomic mass is 9.94. The molecule has 0 radical (unpaired) electrons. The standard InChI is InChI=1S/C76H56N2S2/c1-49-19-15-27-61(57-39-35-55(36-40-57)53-21-7-5-8-22-53)73(49)77(69-31-17-29-65-63-25-11-13-33-71(63)79-75(65)69)67-45-43-59(47-51(67)3)60-44-46-68(52(4)48-60)78(70-32-18-30-66-64-26-12-14-34-72(64)80-76(66)70)74-50(2)20-16-28-62(74)58-41-37-56(38-42-58)54-23-9-6-10-24-54/h5-48H,1-4H3. The van der Waals surface area contributed by atoms with Crippen LogP contribution in [0.15, 0.2) is 267 Å². The number of benzene rings is 12. The summed E-state index contributed by atoms with van der Waals surface area (Å²) in [6.45, 7) is 9.08. The molecule has 0 bridgehead atoms. The Kier molecular flexibility index (Phi) is 12.5. The van der Waals surface area contributed by atoms with Crippen LogP contribution in [-0.4, -0.2) is 0 Å². The number of hydrogen-bond donors (Lipinski definition) is 0. The third-order valence-electron chi connectivity index (χ3n) is 16.0. The molecule has 2 nitrogen and oxygen atoms in total. The van der Waals surface area contributed by atoms with Crippen molar-refractivity contribution in [3.8, 4) is 55.6 Å². The zero-order valence-electron chi connectivity index (χ0n) is 45.1. The van der Waals surface area contributed by atoms with Gasteiger partial charge in [-0.25, -0.2) is 0 Å². The van der Waals surface area contributed by atoms with Crippen LogP contribution in [0.2, 0.25) is 0 Å². The van der Waals surface area contributed by atoms with E-state index in [2.05, 4.69) is 304 Å². The molecule has 0 saturated carbocycles. The highest BCUT2D eigenvalue weighted by Crippen LogP contribution is 2.52. The van der Waals surface area contributed by atoms with Crippen molar-refractivity contribution in [3.05, 3.63) is 289 Å². The second-order valence-corrected chi connectivity index (χ2v) is 23.1. The average molecular weight is 1060 g/mol. The van der Waals surface area contributed by atoms with Crippen molar-refractivity contribution >= 4 is 97.1 Å². The number of para-hydroxylation sites is 2. The summed E-state index contributed by atoms with van der Waals surface area (Å²) in [5.41, 5.74) is 23.7. The lowest BCUT2D eigenvalue weighted by Gasteiger charge is -2.32. The summed E-state index contributed by atoms with van der Waals surface area (Å²) < 4.78 is 5.12. The molecular weight excluding hydrogens is 1000 g/mol. The number of hydrogen-bond acceptors (Lipinski definition) is 4. The van der Waals surface area contributed by atoms with Gasteiger partial charge in [0.15, 0.2) is 0 Å². The molecule has 0 N–H and O–H groups in total. The zero-order valence-corrected chi connectivity index (χ0v) is 46.7. The van der Waals surface area contributed by atoms with Crippen molar-refractivity contribution < 1.29 is 0 Å². The molecule has 0 atom stereocenters. The molecule has 12 aromatic carbocycles. The van der Waals surface area contributed by atoms with E-state index in [9.17, 15) is 0 Å². The van der Waals surface area contributed by atoms with Gasteiger partial charge >= 0.3 is 0 Å². The number of fused-ring (bicyclic) bond motifs is 6. The molecule has 0 unspecified atom stereocenters. The minimum absolute atomic E-state index is 1.15. The van der Waals surface area contributed by atoms with Crippen LogP contribution in [0.25, 0.3) is 96.0 Å². The monoisotopic (exact) mass is 1060 g/mol. The fraction of sp³-hybridized carbons (Fsp3) is 0.0526. The maximum absolute atomic E-state index is 2.54. The summed E-state index contributed by atoms with van der Waals surface area (Å²) in [6, 6.07) is 98.4. The van der Waals surface area contributed by atoms with Crippen molar-refractivity contribution in [2.24, 2.45) is 0 Å². The third kappa shape index (κ3) is 8.65. The Morgan fingerprint density at radius 1 is 0.237 bits per heavy atom. The van der Waals surface area contributed by atoms with Gasteiger partial charge in [-0.15, -0.1) is 22.7 Å². The van der Waals surface area contributed by atoms with E-state index < -0.39 is 0 Å². The number of thiophene rings is 2. The number of aryl methyl sites for hydroxylation is 4.